The van der Waals surface area contributed by atoms with E-state index in [-0.39, 0.29) is 0 Å². The van der Waals surface area contributed by atoms with Crippen LogP contribution in [-0.4, -0.2) is 11.4 Å². The van der Waals surface area contributed by atoms with E-state index in [1.54, 1.807) is 0 Å². The molecule has 1 heterocycles. The molecule has 3 rings (SSSR count). The van der Waals surface area contributed by atoms with Crippen molar-refractivity contribution in [2.75, 3.05) is 0 Å². The summed E-state index contributed by atoms with van der Waals surface area (Å²) in [5.41, 5.74) is 2.75. The molecule has 3 aromatic rings. The van der Waals surface area contributed by atoms with Crippen LogP contribution in [0.4, 0.5) is 0 Å². The van der Waals surface area contributed by atoms with Gasteiger partial charge in [-0.25, -0.2) is 0 Å². The molecule has 2 aromatic carbocycles. The summed E-state index contributed by atoms with van der Waals surface area (Å²) in [6.45, 7) is 5.40. The van der Waals surface area contributed by atoms with Crippen molar-refractivity contribution in [1.82, 2.24) is 4.57 Å². The number of carbonyl (C=O) groups is 1. The van der Waals surface area contributed by atoms with Crippen molar-refractivity contribution >= 4 is 28.6 Å². The van der Waals surface area contributed by atoms with Crippen LogP contribution in [0.1, 0.15) is 32.6 Å². The van der Waals surface area contributed by atoms with Gasteiger partial charge in [-0.3, -0.25) is 0 Å². The third-order valence-corrected chi connectivity index (χ3v) is 3.92. The largest absolute Gasteiger partial charge is 0.340 e. The van der Waals surface area contributed by atoms with Crippen molar-refractivity contribution in [2.24, 2.45) is 0 Å². The fourth-order valence-corrected chi connectivity index (χ4v) is 2.94. The predicted octanol–water partition coefficient (Wildman–Crippen LogP) is 5.19. The van der Waals surface area contributed by atoms with Crippen LogP contribution < -0.4 is 0 Å². The Balaban J connectivity index is 0.000000774. The molecule has 0 radical (unpaired) electrons. The first-order valence-corrected chi connectivity index (χ1v) is 7.66. The standard InChI is InChI=1S/C18H21N.CH2O/c1-2-3-4-9-14-19-17-12-7-5-10-15(17)16-11-6-8-13-18(16)19;1-2/h5-8,10-13H,2-4,9,14H2,1H3;1H2. The summed E-state index contributed by atoms with van der Waals surface area (Å²) >= 11 is 0. The van der Waals surface area contributed by atoms with Crippen LogP contribution in [0, 0.1) is 0 Å². The summed E-state index contributed by atoms with van der Waals surface area (Å²) in [5, 5.41) is 2.77. The molecule has 0 aliphatic rings. The van der Waals surface area contributed by atoms with Gasteiger partial charge in [0.05, 0.1) is 0 Å². The monoisotopic (exact) mass is 281 g/mol. The molecule has 2 heteroatoms. The lowest BCUT2D eigenvalue weighted by molar-refractivity contribution is -0.0979. The molecule has 2 nitrogen and oxygen atoms in total. The third kappa shape index (κ3) is 3.15. The molecule has 0 bridgehead atoms. The summed E-state index contributed by atoms with van der Waals surface area (Å²) in [7, 11) is 0. The number of para-hydroxylation sites is 2. The number of hydrogen-bond acceptors (Lipinski definition) is 1. The first kappa shape index (κ1) is 15.3. The van der Waals surface area contributed by atoms with Gasteiger partial charge in [0.15, 0.2) is 0 Å². The van der Waals surface area contributed by atoms with E-state index in [1.807, 2.05) is 6.79 Å². The molecule has 0 atom stereocenters. The highest BCUT2D eigenvalue weighted by Gasteiger charge is 2.08. The topological polar surface area (TPSA) is 22.0 Å². The molecule has 0 unspecified atom stereocenters. The van der Waals surface area contributed by atoms with Crippen molar-refractivity contribution in [3.63, 3.8) is 0 Å². The number of benzene rings is 2. The number of rotatable bonds is 5. The molecular weight excluding hydrogens is 258 g/mol. The molecule has 0 saturated heterocycles. The van der Waals surface area contributed by atoms with Gasteiger partial charge in [0.25, 0.3) is 0 Å². The normalized spacial score (nSPS) is 10.5. The average Bonchev–Trinajstić information content (AvgIpc) is 2.88. The summed E-state index contributed by atoms with van der Waals surface area (Å²) in [6.07, 6.45) is 5.25. The van der Waals surface area contributed by atoms with Crippen molar-refractivity contribution in [2.45, 2.75) is 39.2 Å². The SMILES string of the molecule is C=O.CCCCCCn1c2ccccc2c2ccccc21. The van der Waals surface area contributed by atoms with E-state index < -0.39 is 0 Å². The van der Waals surface area contributed by atoms with Crippen LogP contribution in [0.25, 0.3) is 21.8 Å². The number of fused-ring (bicyclic) bond motifs is 3. The molecule has 21 heavy (non-hydrogen) atoms. The van der Waals surface area contributed by atoms with E-state index >= 15 is 0 Å². The van der Waals surface area contributed by atoms with E-state index in [1.165, 1.54) is 47.5 Å². The Morgan fingerprint density at radius 2 is 1.33 bits per heavy atom. The van der Waals surface area contributed by atoms with Crippen molar-refractivity contribution in [3.05, 3.63) is 48.5 Å². The van der Waals surface area contributed by atoms with Gasteiger partial charge in [-0.15, -0.1) is 0 Å². The first-order valence-electron chi connectivity index (χ1n) is 7.66. The zero-order chi connectivity index (χ0) is 15.1. The Morgan fingerprint density at radius 1 is 0.810 bits per heavy atom. The lowest BCUT2D eigenvalue weighted by atomic mass is 10.2. The molecule has 0 saturated carbocycles. The maximum atomic E-state index is 8.00. The number of unbranched alkanes of at least 4 members (excludes halogenated alkanes) is 3. The highest BCUT2D eigenvalue weighted by atomic mass is 16.1. The number of nitrogens with zero attached hydrogens (tertiary/aromatic N) is 1. The van der Waals surface area contributed by atoms with E-state index in [0.717, 1.165) is 6.54 Å². The minimum Gasteiger partial charge on any atom is -0.340 e. The zero-order valence-corrected chi connectivity index (χ0v) is 12.7. The van der Waals surface area contributed by atoms with E-state index in [4.69, 9.17) is 4.79 Å². The second kappa shape index (κ2) is 7.63. The highest BCUT2D eigenvalue weighted by molar-refractivity contribution is 6.07. The minimum atomic E-state index is 1.13. The van der Waals surface area contributed by atoms with Crippen LogP contribution in [-0.2, 0) is 11.3 Å². The molecule has 0 aliphatic carbocycles. The van der Waals surface area contributed by atoms with Crippen molar-refractivity contribution < 1.29 is 4.79 Å². The van der Waals surface area contributed by atoms with Gasteiger partial charge in [-0.1, -0.05) is 62.6 Å². The molecule has 0 fully saturated rings. The average molecular weight is 281 g/mol. The Hall–Kier alpha value is -2.09. The van der Waals surface area contributed by atoms with Crippen LogP contribution >= 0.6 is 0 Å². The van der Waals surface area contributed by atoms with E-state index in [0.29, 0.717) is 0 Å². The lowest BCUT2D eigenvalue weighted by Crippen LogP contribution is -1.97. The maximum Gasteiger partial charge on any atom is 0.106 e. The molecule has 110 valence electrons. The number of hydrogen-bond donors (Lipinski definition) is 0. The fourth-order valence-electron chi connectivity index (χ4n) is 2.94. The van der Waals surface area contributed by atoms with Gasteiger partial charge in [0.2, 0.25) is 0 Å². The van der Waals surface area contributed by atoms with E-state index in [2.05, 4.69) is 60.0 Å². The van der Waals surface area contributed by atoms with Gasteiger partial charge < -0.3 is 9.36 Å². The van der Waals surface area contributed by atoms with Gasteiger partial charge in [0, 0.05) is 28.4 Å². The third-order valence-electron chi connectivity index (χ3n) is 3.92. The van der Waals surface area contributed by atoms with Crippen LogP contribution in [0.3, 0.4) is 0 Å². The maximum absolute atomic E-state index is 8.00. The highest BCUT2D eigenvalue weighted by Crippen LogP contribution is 2.28. The second-order valence-corrected chi connectivity index (χ2v) is 5.25. The minimum absolute atomic E-state index is 1.13. The molecular formula is C19H23NO. The quantitative estimate of drug-likeness (QED) is 0.590. The Bertz CT molecular complexity index is 646. The Labute approximate surface area is 126 Å². The summed E-state index contributed by atoms with van der Waals surface area (Å²) in [6, 6.07) is 17.5. The smallest absolute Gasteiger partial charge is 0.106 e. The molecule has 0 amide bonds. The van der Waals surface area contributed by atoms with E-state index in [9.17, 15) is 0 Å². The summed E-state index contributed by atoms with van der Waals surface area (Å²) < 4.78 is 2.49. The van der Waals surface area contributed by atoms with Crippen LogP contribution in [0.5, 0.6) is 0 Å². The summed E-state index contributed by atoms with van der Waals surface area (Å²) in [4.78, 5) is 8.00. The second-order valence-electron chi connectivity index (χ2n) is 5.25. The number of aryl methyl sites for hydroxylation is 1. The van der Waals surface area contributed by atoms with Crippen LogP contribution in [0.2, 0.25) is 0 Å². The molecule has 0 spiro atoms. The predicted molar refractivity (Wildman–Crippen MR) is 90.7 cm³/mol. The van der Waals surface area contributed by atoms with Crippen molar-refractivity contribution in [1.29, 1.82) is 0 Å². The van der Waals surface area contributed by atoms with Gasteiger partial charge >= 0.3 is 0 Å². The van der Waals surface area contributed by atoms with Crippen LogP contribution in [0.15, 0.2) is 48.5 Å². The first-order chi connectivity index (χ1) is 10.4. The number of aromatic nitrogens is 1. The molecule has 0 N–H and O–H groups in total. The van der Waals surface area contributed by atoms with Gasteiger partial charge in [-0.05, 0) is 18.6 Å². The lowest BCUT2D eigenvalue weighted by Gasteiger charge is -2.07. The van der Waals surface area contributed by atoms with Crippen molar-refractivity contribution in [3.8, 4) is 0 Å². The molecule has 0 aliphatic heterocycles. The number of carbonyl (C=O) groups excluding carboxylic acids is 1. The fraction of sp³-hybridized carbons (Fsp3) is 0.316. The Kier molecular flexibility index (Phi) is 5.56. The van der Waals surface area contributed by atoms with Gasteiger partial charge in [-0.2, -0.15) is 0 Å². The van der Waals surface area contributed by atoms with Gasteiger partial charge in [0.1, 0.15) is 6.79 Å². The Morgan fingerprint density at radius 3 is 1.86 bits per heavy atom. The summed E-state index contributed by atoms with van der Waals surface area (Å²) in [5.74, 6) is 0. The zero-order valence-electron chi connectivity index (χ0n) is 12.7. The molecule has 1 aromatic heterocycles.